The number of benzene rings is 2. The lowest BCUT2D eigenvalue weighted by molar-refractivity contribution is 0.0933. The van der Waals surface area contributed by atoms with E-state index in [0.717, 1.165) is 49.0 Å². The van der Waals surface area contributed by atoms with Gasteiger partial charge in [-0.15, -0.1) is 0 Å². The van der Waals surface area contributed by atoms with Crippen LogP contribution in [-0.4, -0.2) is 36.0 Å². The van der Waals surface area contributed by atoms with Crippen LogP contribution in [0, 0.1) is 0 Å². The molecule has 6 heteroatoms. The van der Waals surface area contributed by atoms with Gasteiger partial charge in [0.2, 0.25) is 0 Å². The van der Waals surface area contributed by atoms with Crippen molar-refractivity contribution in [3.05, 3.63) is 64.7 Å². The molecule has 32 heavy (non-hydrogen) atoms. The quantitative estimate of drug-likeness (QED) is 0.541. The Balaban J connectivity index is 1.38. The first kappa shape index (κ1) is 22.7. The van der Waals surface area contributed by atoms with Crippen molar-refractivity contribution in [1.82, 2.24) is 10.2 Å². The van der Waals surface area contributed by atoms with Gasteiger partial charge in [-0.2, -0.15) is 0 Å². The van der Waals surface area contributed by atoms with E-state index in [1.165, 1.54) is 25.7 Å². The zero-order valence-corrected chi connectivity index (χ0v) is 19.2. The van der Waals surface area contributed by atoms with Crippen LogP contribution in [0.25, 0.3) is 0 Å². The molecule has 1 saturated heterocycles. The summed E-state index contributed by atoms with van der Waals surface area (Å²) in [5, 5.41) is 6.84. The zero-order chi connectivity index (χ0) is 22.3. The molecular formula is C26H32ClN3O2. The van der Waals surface area contributed by atoms with E-state index in [2.05, 4.69) is 16.7 Å². The Morgan fingerprint density at radius 3 is 2.41 bits per heavy atom. The average Bonchev–Trinajstić information content (AvgIpc) is 3.09. The highest BCUT2D eigenvalue weighted by atomic mass is 35.5. The molecule has 2 aromatic carbocycles. The molecule has 0 spiro atoms. The Bertz CT molecular complexity index is 923. The van der Waals surface area contributed by atoms with Crippen LogP contribution in [-0.2, 0) is 0 Å². The highest BCUT2D eigenvalue weighted by Gasteiger charge is 2.25. The van der Waals surface area contributed by atoms with Crippen molar-refractivity contribution in [2.24, 2.45) is 0 Å². The summed E-state index contributed by atoms with van der Waals surface area (Å²) in [7, 11) is 0. The first-order chi connectivity index (χ1) is 15.6. The molecule has 1 aliphatic heterocycles. The zero-order valence-electron chi connectivity index (χ0n) is 18.5. The van der Waals surface area contributed by atoms with Crippen LogP contribution in [0.4, 0.5) is 10.5 Å². The molecule has 0 bridgehead atoms. The van der Waals surface area contributed by atoms with E-state index in [9.17, 15) is 9.59 Å². The lowest BCUT2D eigenvalue weighted by Crippen LogP contribution is -2.41. The van der Waals surface area contributed by atoms with E-state index in [1.807, 2.05) is 23.1 Å². The van der Waals surface area contributed by atoms with Crippen molar-refractivity contribution >= 4 is 29.2 Å². The third kappa shape index (κ3) is 6.04. The van der Waals surface area contributed by atoms with E-state index < -0.39 is 0 Å². The summed E-state index contributed by atoms with van der Waals surface area (Å²) < 4.78 is 0. The minimum absolute atomic E-state index is 0.0203. The number of carbonyl (C=O) groups excluding carboxylic acids is 2. The second kappa shape index (κ2) is 10.9. The third-order valence-electron chi connectivity index (χ3n) is 6.61. The van der Waals surface area contributed by atoms with Gasteiger partial charge in [0, 0.05) is 41.3 Å². The molecule has 170 valence electrons. The topological polar surface area (TPSA) is 61.4 Å². The average molecular weight is 454 g/mol. The summed E-state index contributed by atoms with van der Waals surface area (Å²) in [6.07, 6.45) is 9.03. The first-order valence-electron chi connectivity index (χ1n) is 11.8. The second-order valence-electron chi connectivity index (χ2n) is 9.01. The Hall–Kier alpha value is -2.53. The fourth-order valence-electron chi connectivity index (χ4n) is 4.80. The Labute approximate surface area is 195 Å². The van der Waals surface area contributed by atoms with Crippen LogP contribution in [0.2, 0.25) is 5.02 Å². The van der Waals surface area contributed by atoms with Gasteiger partial charge in [-0.3, -0.25) is 4.79 Å². The van der Waals surface area contributed by atoms with E-state index in [1.54, 1.807) is 24.3 Å². The lowest BCUT2D eigenvalue weighted by atomic mass is 9.89. The van der Waals surface area contributed by atoms with Crippen molar-refractivity contribution < 1.29 is 9.59 Å². The molecular weight excluding hydrogens is 422 g/mol. The minimum atomic E-state index is -0.0979. The van der Waals surface area contributed by atoms with E-state index in [4.69, 9.17) is 11.6 Å². The van der Waals surface area contributed by atoms with Gasteiger partial charge in [0.25, 0.3) is 5.91 Å². The van der Waals surface area contributed by atoms with Gasteiger partial charge in [-0.05, 0) is 67.6 Å². The minimum Gasteiger partial charge on any atom is -0.349 e. The number of hydrogen-bond acceptors (Lipinski definition) is 2. The van der Waals surface area contributed by atoms with E-state index in [-0.39, 0.29) is 23.9 Å². The van der Waals surface area contributed by atoms with Gasteiger partial charge >= 0.3 is 6.03 Å². The third-order valence-corrected chi connectivity index (χ3v) is 6.87. The number of hydrogen-bond donors (Lipinski definition) is 2. The fourth-order valence-corrected chi connectivity index (χ4v) is 4.92. The van der Waals surface area contributed by atoms with Crippen molar-refractivity contribution in [2.45, 2.75) is 63.3 Å². The molecule has 1 atom stereocenters. The first-order valence-corrected chi connectivity index (χ1v) is 12.2. The van der Waals surface area contributed by atoms with Crippen molar-refractivity contribution in [3.8, 4) is 0 Å². The molecule has 1 unspecified atom stereocenters. The van der Waals surface area contributed by atoms with Crippen molar-refractivity contribution in [2.75, 3.05) is 18.4 Å². The number of anilines is 1. The number of nitrogens with one attached hydrogen (secondary N) is 2. The van der Waals surface area contributed by atoms with E-state index in [0.29, 0.717) is 11.6 Å². The number of halogens is 1. The van der Waals surface area contributed by atoms with Gasteiger partial charge in [0.15, 0.2) is 0 Å². The number of rotatable bonds is 4. The predicted octanol–water partition coefficient (Wildman–Crippen LogP) is 6.20. The van der Waals surface area contributed by atoms with Crippen LogP contribution in [0.15, 0.2) is 48.5 Å². The molecule has 2 fully saturated rings. The van der Waals surface area contributed by atoms with Gasteiger partial charge in [0.05, 0.1) is 0 Å². The van der Waals surface area contributed by atoms with Crippen molar-refractivity contribution in [3.63, 3.8) is 0 Å². The maximum absolute atomic E-state index is 12.9. The number of urea groups is 1. The van der Waals surface area contributed by atoms with Crippen LogP contribution < -0.4 is 10.6 Å². The fraction of sp³-hybridized carbons (Fsp3) is 0.462. The smallest absolute Gasteiger partial charge is 0.321 e. The number of piperidine rings is 1. The number of nitrogens with zero attached hydrogens (tertiary/aromatic N) is 1. The number of carbonyl (C=O) groups is 2. The molecule has 2 N–H and O–H groups in total. The second-order valence-corrected chi connectivity index (χ2v) is 9.45. The normalized spacial score (nSPS) is 19.8. The van der Waals surface area contributed by atoms with Crippen LogP contribution in [0.1, 0.15) is 73.2 Å². The monoisotopic (exact) mass is 453 g/mol. The summed E-state index contributed by atoms with van der Waals surface area (Å²) in [6, 6.07) is 15.3. The maximum atomic E-state index is 12.9. The molecule has 1 aliphatic carbocycles. The van der Waals surface area contributed by atoms with Gasteiger partial charge in [-0.25, -0.2) is 4.79 Å². The highest BCUT2D eigenvalue weighted by Crippen LogP contribution is 2.28. The summed E-state index contributed by atoms with van der Waals surface area (Å²) in [4.78, 5) is 27.5. The summed E-state index contributed by atoms with van der Waals surface area (Å²) >= 11 is 5.93. The molecule has 4 rings (SSSR count). The molecule has 2 aromatic rings. The van der Waals surface area contributed by atoms with Gasteiger partial charge in [0.1, 0.15) is 0 Å². The van der Waals surface area contributed by atoms with Crippen LogP contribution in [0.5, 0.6) is 0 Å². The molecule has 3 amide bonds. The van der Waals surface area contributed by atoms with Crippen molar-refractivity contribution in [1.29, 1.82) is 0 Å². The maximum Gasteiger partial charge on any atom is 0.321 e. The number of likely N-dealkylation sites (tertiary alicyclic amines) is 1. The van der Waals surface area contributed by atoms with Gasteiger partial charge in [-0.1, -0.05) is 49.4 Å². The van der Waals surface area contributed by atoms with Crippen LogP contribution >= 0.6 is 11.6 Å². The SMILES string of the molecule is O=C(NC1CCCCCC1)c1cccc(C2CCCN(C(=O)Nc3ccc(Cl)cc3)C2)c1. The highest BCUT2D eigenvalue weighted by molar-refractivity contribution is 6.30. The largest absolute Gasteiger partial charge is 0.349 e. The summed E-state index contributed by atoms with van der Waals surface area (Å²) in [6.45, 7) is 1.38. The van der Waals surface area contributed by atoms with Crippen LogP contribution in [0.3, 0.4) is 0 Å². The molecule has 2 aliphatic rings. The lowest BCUT2D eigenvalue weighted by Gasteiger charge is -2.33. The van der Waals surface area contributed by atoms with E-state index >= 15 is 0 Å². The standard InChI is InChI=1S/C26H32ClN3O2/c27-22-12-14-24(15-13-22)29-26(32)30-16-6-9-21(18-30)19-7-5-8-20(17-19)25(31)28-23-10-3-1-2-4-11-23/h5,7-8,12-15,17,21,23H,1-4,6,9-11,16,18H2,(H,28,31)(H,29,32). The summed E-state index contributed by atoms with van der Waals surface area (Å²) in [5.41, 5.74) is 2.58. The Kier molecular flexibility index (Phi) is 7.69. The molecule has 1 heterocycles. The molecule has 0 aromatic heterocycles. The molecule has 5 nitrogen and oxygen atoms in total. The Morgan fingerprint density at radius 1 is 0.906 bits per heavy atom. The molecule has 1 saturated carbocycles. The van der Waals surface area contributed by atoms with Gasteiger partial charge < -0.3 is 15.5 Å². The predicted molar refractivity (Wildman–Crippen MR) is 129 cm³/mol. The molecule has 0 radical (unpaired) electrons. The Morgan fingerprint density at radius 2 is 1.66 bits per heavy atom. The number of amides is 3. The summed E-state index contributed by atoms with van der Waals surface area (Å²) in [5.74, 6) is 0.247.